The second kappa shape index (κ2) is 7.93. The first-order valence-corrected chi connectivity index (χ1v) is 8.59. The zero-order valence-corrected chi connectivity index (χ0v) is 15.2. The van der Waals surface area contributed by atoms with Gasteiger partial charge in [0.1, 0.15) is 17.0 Å². The zero-order valence-electron chi connectivity index (χ0n) is 15.2. The quantitative estimate of drug-likeness (QED) is 0.818. The molecule has 0 aliphatic carbocycles. The van der Waals surface area contributed by atoms with Gasteiger partial charge in [0.05, 0.1) is 6.61 Å². The Morgan fingerprint density at radius 2 is 1.89 bits per heavy atom. The van der Waals surface area contributed by atoms with E-state index in [0.29, 0.717) is 18.5 Å². The Balaban J connectivity index is 1.69. The molecule has 1 atom stereocenters. The highest BCUT2D eigenvalue weighted by atomic mass is 19.1. The van der Waals surface area contributed by atoms with Gasteiger partial charge in [-0.05, 0) is 42.8 Å². The van der Waals surface area contributed by atoms with Crippen LogP contribution in [-0.2, 0) is 9.53 Å². The van der Waals surface area contributed by atoms with Crippen LogP contribution in [0.1, 0.15) is 16.8 Å². The third-order valence-electron chi connectivity index (χ3n) is 4.74. The van der Waals surface area contributed by atoms with Crippen molar-refractivity contribution < 1.29 is 33.0 Å². The van der Waals surface area contributed by atoms with Gasteiger partial charge in [-0.3, -0.25) is 9.59 Å². The molecule has 0 aromatic heterocycles. The number of ether oxygens (including phenoxy) is 2. The van der Waals surface area contributed by atoms with Crippen LogP contribution >= 0.6 is 0 Å². The fraction of sp³-hybridized carbons (Fsp3) is 0.300. The summed E-state index contributed by atoms with van der Waals surface area (Å²) in [6, 6.07) is 8.98. The van der Waals surface area contributed by atoms with Gasteiger partial charge in [0.2, 0.25) is 0 Å². The van der Waals surface area contributed by atoms with Gasteiger partial charge in [-0.25, -0.2) is 8.78 Å². The lowest BCUT2D eigenvalue weighted by atomic mass is 9.88. The maximum absolute atomic E-state index is 13.7. The number of carbonyl (C=O) groups excluding carboxylic acids is 1. The summed E-state index contributed by atoms with van der Waals surface area (Å²) in [7, 11) is 1.43. The summed E-state index contributed by atoms with van der Waals surface area (Å²) in [6.07, 6.45) is 0.312. The van der Waals surface area contributed by atoms with E-state index in [4.69, 9.17) is 9.47 Å². The first kappa shape index (κ1) is 19.8. The Morgan fingerprint density at radius 3 is 2.50 bits per heavy atom. The Bertz CT molecular complexity index is 887. The lowest BCUT2D eigenvalue weighted by Crippen LogP contribution is -2.40. The molecule has 1 unspecified atom stereocenters. The molecule has 28 heavy (non-hydrogen) atoms. The van der Waals surface area contributed by atoms with Gasteiger partial charge in [0.25, 0.3) is 5.91 Å². The summed E-state index contributed by atoms with van der Waals surface area (Å²) >= 11 is 0. The highest BCUT2D eigenvalue weighted by Crippen LogP contribution is 2.32. The van der Waals surface area contributed by atoms with Gasteiger partial charge >= 0.3 is 5.97 Å². The number of aliphatic carboxylic acids is 1. The molecule has 2 aromatic carbocycles. The molecule has 1 N–H and O–H groups in total. The predicted octanol–water partition coefficient (Wildman–Crippen LogP) is 3.32. The van der Waals surface area contributed by atoms with Gasteiger partial charge < -0.3 is 19.5 Å². The molecule has 0 spiro atoms. The molecule has 1 fully saturated rings. The normalized spacial score (nSPS) is 18.9. The number of likely N-dealkylation sites (tertiary alicyclic amines) is 1. The molecule has 0 radical (unpaired) electrons. The fourth-order valence-electron chi connectivity index (χ4n) is 3.21. The standard InChI is InChI=1S/C20H19F2NO5/c1-27-12-20(19(25)26)8-9-23(11-20)18(24)13-2-5-15(6-3-13)28-17-7-4-14(21)10-16(17)22/h2-7,10H,8-9,11-12H2,1H3,(H,25,26). The van der Waals surface area contributed by atoms with Gasteiger partial charge in [0.15, 0.2) is 11.6 Å². The SMILES string of the molecule is COCC1(C(=O)O)CCN(C(=O)c2ccc(Oc3ccc(F)cc3F)cc2)C1. The smallest absolute Gasteiger partial charge is 0.313 e. The maximum atomic E-state index is 13.7. The lowest BCUT2D eigenvalue weighted by Gasteiger charge is -2.23. The highest BCUT2D eigenvalue weighted by Gasteiger charge is 2.46. The molecule has 6 nitrogen and oxygen atoms in total. The number of rotatable bonds is 6. The summed E-state index contributed by atoms with van der Waals surface area (Å²) < 4.78 is 37.0. The van der Waals surface area contributed by atoms with Crippen molar-refractivity contribution in [2.75, 3.05) is 26.8 Å². The number of methoxy groups -OCH3 is 1. The van der Waals surface area contributed by atoms with Crippen molar-refractivity contribution in [1.82, 2.24) is 4.90 Å². The molecular weight excluding hydrogens is 372 g/mol. The van der Waals surface area contributed by atoms with E-state index in [0.717, 1.165) is 12.1 Å². The van der Waals surface area contributed by atoms with Crippen LogP contribution < -0.4 is 4.74 Å². The summed E-state index contributed by atoms with van der Waals surface area (Å²) in [5.41, 5.74) is -0.751. The number of hydrogen-bond donors (Lipinski definition) is 1. The van der Waals surface area contributed by atoms with Crippen molar-refractivity contribution in [2.45, 2.75) is 6.42 Å². The largest absolute Gasteiger partial charge is 0.481 e. The summed E-state index contributed by atoms with van der Waals surface area (Å²) in [5, 5.41) is 9.49. The number of carboxylic acid groups (broad SMARTS) is 1. The van der Waals surface area contributed by atoms with Gasteiger partial charge in [-0.1, -0.05) is 0 Å². The minimum atomic E-state index is -1.10. The molecule has 0 bridgehead atoms. The lowest BCUT2D eigenvalue weighted by molar-refractivity contribution is -0.151. The van der Waals surface area contributed by atoms with Crippen molar-refractivity contribution in [3.63, 3.8) is 0 Å². The fourth-order valence-corrected chi connectivity index (χ4v) is 3.21. The predicted molar refractivity (Wildman–Crippen MR) is 95.3 cm³/mol. The Labute approximate surface area is 160 Å². The molecule has 3 rings (SSSR count). The number of benzene rings is 2. The molecule has 0 saturated carbocycles. The van der Waals surface area contributed by atoms with E-state index in [-0.39, 0.29) is 30.6 Å². The van der Waals surface area contributed by atoms with Crippen LogP contribution in [0.2, 0.25) is 0 Å². The molecule has 1 aliphatic heterocycles. The highest BCUT2D eigenvalue weighted by molar-refractivity contribution is 5.95. The van der Waals surface area contributed by atoms with Crippen LogP contribution in [0.15, 0.2) is 42.5 Å². The molecule has 1 amide bonds. The van der Waals surface area contributed by atoms with Crippen LogP contribution in [-0.4, -0.2) is 48.7 Å². The Hall–Kier alpha value is -3.00. The molecule has 1 aliphatic rings. The maximum Gasteiger partial charge on any atom is 0.313 e. The van der Waals surface area contributed by atoms with E-state index in [2.05, 4.69) is 0 Å². The van der Waals surface area contributed by atoms with Crippen molar-refractivity contribution in [3.8, 4) is 11.5 Å². The summed E-state index contributed by atoms with van der Waals surface area (Å²) in [5.74, 6) is -2.69. The molecule has 2 aromatic rings. The van der Waals surface area contributed by atoms with Crippen molar-refractivity contribution in [3.05, 3.63) is 59.7 Å². The average Bonchev–Trinajstić information content (AvgIpc) is 3.10. The van der Waals surface area contributed by atoms with E-state index < -0.39 is 23.0 Å². The van der Waals surface area contributed by atoms with E-state index in [9.17, 15) is 23.5 Å². The molecule has 8 heteroatoms. The number of hydrogen-bond acceptors (Lipinski definition) is 4. The van der Waals surface area contributed by atoms with Crippen LogP contribution in [0.4, 0.5) is 8.78 Å². The van der Waals surface area contributed by atoms with Gasteiger partial charge in [-0.15, -0.1) is 0 Å². The van der Waals surface area contributed by atoms with Gasteiger partial charge in [0, 0.05) is 31.8 Å². The van der Waals surface area contributed by atoms with Crippen LogP contribution in [0.5, 0.6) is 11.5 Å². The van der Waals surface area contributed by atoms with Crippen molar-refractivity contribution in [1.29, 1.82) is 0 Å². The number of amides is 1. The minimum Gasteiger partial charge on any atom is -0.481 e. The first-order chi connectivity index (χ1) is 13.3. The van der Waals surface area contributed by atoms with Crippen molar-refractivity contribution in [2.24, 2.45) is 5.41 Å². The third-order valence-corrected chi connectivity index (χ3v) is 4.74. The topological polar surface area (TPSA) is 76.1 Å². The number of nitrogens with zero attached hydrogens (tertiary/aromatic N) is 1. The Kier molecular flexibility index (Phi) is 5.60. The second-order valence-electron chi connectivity index (χ2n) is 6.70. The van der Waals surface area contributed by atoms with E-state index in [1.54, 1.807) is 0 Å². The van der Waals surface area contributed by atoms with Crippen LogP contribution in [0.3, 0.4) is 0 Å². The average molecular weight is 391 g/mol. The molecule has 1 saturated heterocycles. The van der Waals surface area contributed by atoms with E-state index in [1.807, 2.05) is 0 Å². The van der Waals surface area contributed by atoms with Crippen molar-refractivity contribution >= 4 is 11.9 Å². The van der Waals surface area contributed by atoms with E-state index in [1.165, 1.54) is 42.3 Å². The molecular formula is C20H19F2NO5. The third kappa shape index (κ3) is 3.96. The number of carbonyl (C=O) groups is 2. The molecule has 1 heterocycles. The second-order valence-corrected chi connectivity index (χ2v) is 6.70. The number of halogens is 2. The Morgan fingerprint density at radius 1 is 1.18 bits per heavy atom. The van der Waals surface area contributed by atoms with E-state index >= 15 is 0 Å². The summed E-state index contributed by atoms with van der Waals surface area (Å²) in [6.45, 7) is 0.406. The summed E-state index contributed by atoms with van der Waals surface area (Å²) in [4.78, 5) is 25.7. The monoisotopic (exact) mass is 391 g/mol. The first-order valence-electron chi connectivity index (χ1n) is 8.59. The van der Waals surface area contributed by atoms with Crippen LogP contribution in [0.25, 0.3) is 0 Å². The van der Waals surface area contributed by atoms with Gasteiger partial charge in [-0.2, -0.15) is 0 Å². The molecule has 148 valence electrons. The minimum absolute atomic E-state index is 0.0299. The number of carboxylic acids is 1. The van der Waals surface area contributed by atoms with Crippen LogP contribution in [0, 0.1) is 17.0 Å². The zero-order chi connectivity index (χ0) is 20.3.